The van der Waals surface area contributed by atoms with Crippen molar-refractivity contribution in [2.45, 2.75) is 38.0 Å². The van der Waals surface area contributed by atoms with Gasteiger partial charge in [-0.3, -0.25) is 0 Å². The van der Waals surface area contributed by atoms with Crippen LogP contribution in [0.4, 0.5) is 5.69 Å². The van der Waals surface area contributed by atoms with E-state index in [0.29, 0.717) is 4.99 Å². The summed E-state index contributed by atoms with van der Waals surface area (Å²) in [7, 11) is 0. The lowest BCUT2D eigenvalue weighted by Gasteiger charge is -2.14. The Balaban J connectivity index is 2.60. The van der Waals surface area contributed by atoms with Crippen molar-refractivity contribution in [3.8, 4) is 0 Å². The van der Waals surface area contributed by atoms with E-state index in [9.17, 15) is 0 Å². The predicted octanol–water partition coefficient (Wildman–Crippen LogP) is 4.28. The molecule has 0 radical (unpaired) electrons. The second-order valence-corrected chi connectivity index (χ2v) is 6.35. The molecule has 2 nitrogen and oxygen atoms in total. The molecule has 0 bridgehead atoms. The van der Waals surface area contributed by atoms with E-state index in [0.717, 1.165) is 28.6 Å². The molecule has 106 valence electrons. The molecule has 0 aliphatic heterocycles. The van der Waals surface area contributed by atoms with Crippen LogP contribution >= 0.6 is 24.0 Å². The number of unbranched alkanes of at least 4 members (excludes halogenated alkanes) is 1. The molecule has 0 aliphatic rings. The summed E-state index contributed by atoms with van der Waals surface area (Å²) in [5.74, 6) is 0.784. The number of rotatable bonds is 8. The second kappa shape index (κ2) is 8.43. The molecule has 0 saturated heterocycles. The van der Waals surface area contributed by atoms with E-state index in [4.69, 9.17) is 18.0 Å². The van der Waals surface area contributed by atoms with Crippen LogP contribution in [0.15, 0.2) is 23.1 Å². The lowest BCUT2D eigenvalue weighted by molar-refractivity contribution is 0.545. The standard InChI is InChI=1S/C15H24N2S2/c1-11(2)7-4-5-10-17-12-8-6-9-13(19-3)14(12)15(16)18/h6,8-9,11,17H,4-5,7,10H2,1-3H3,(H2,16,18). The molecule has 0 aliphatic carbocycles. The molecule has 1 aromatic rings. The third kappa shape index (κ3) is 5.41. The minimum Gasteiger partial charge on any atom is -0.389 e. The number of thiocarbonyl (C=S) groups is 1. The Bertz CT molecular complexity index is 417. The van der Waals surface area contributed by atoms with E-state index in [2.05, 4.69) is 31.3 Å². The summed E-state index contributed by atoms with van der Waals surface area (Å²) < 4.78 is 0. The average Bonchev–Trinajstić information content (AvgIpc) is 2.37. The molecule has 1 aromatic carbocycles. The van der Waals surface area contributed by atoms with Gasteiger partial charge in [0.05, 0.1) is 0 Å². The molecule has 0 atom stereocenters. The minimum absolute atomic E-state index is 0.467. The highest BCUT2D eigenvalue weighted by atomic mass is 32.2. The van der Waals surface area contributed by atoms with Crippen LogP contribution in [0, 0.1) is 5.92 Å². The summed E-state index contributed by atoms with van der Waals surface area (Å²) in [4.78, 5) is 1.61. The second-order valence-electron chi connectivity index (χ2n) is 5.06. The fourth-order valence-electron chi connectivity index (χ4n) is 2.00. The van der Waals surface area contributed by atoms with E-state index in [1.165, 1.54) is 19.3 Å². The topological polar surface area (TPSA) is 38.0 Å². The molecular weight excluding hydrogens is 272 g/mol. The van der Waals surface area contributed by atoms with Gasteiger partial charge < -0.3 is 11.1 Å². The van der Waals surface area contributed by atoms with Gasteiger partial charge in [-0.1, -0.05) is 45.0 Å². The lowest BCUT2D eigenvalue weighted by Crippen LogP contribution is -2.15. The molecule has 0 heterocycles. The van der Waals surface area contributed by atoms with Crippen molar-refractivity contribution in [1.29, 1.82) is 0 Å². The van der Waals surface area contributed by atoms with Crippen LogP contribution in [0.3, 0.4) is 0 Å². The van der Waals surface area contributed by atoms with E-state index in [-0.39, 0.29) is 0 Å². The van der Waals surface area contributed by atoms with E-state index in [1.54, 1.807) is 11.8 Å². The number of anilines is 1. The van der Waals surface area contributed by atoms with E-state index in [1.807, 2.05) is 12.3 Å². The normalized spacial score (nSPS) is 10.7. The van der Waals surface area contributed by atoms with Gasteiger partial charge in [-0.2, -0.15) is 0 Å². The van der Waals surface area contributed by atoms with Gasteiger partial charge in [0, 0.05) is 22.7 Å². The monoisotopic (exact) mass is 296 g/mol. The fourth-order valence-corrected chi connectivity index (χ4v) is 2.93. The highest BCUT2D eigenvalue weighted by molar-refractivity contribution is 7.98. The van der Waals surface area contributed by atoms with Crippen molar-refractivity contribution >= 4 is 34.7 Å². The van der Waals surface area contributed by atoms with Crippen LogP contribution in [0.1, 0.15) is 38.7 Å². The summed E-state index contributed by atoms with van der Waals surface area (Å²) in [5.41, 5.74) is 7.88. The van der Waals surface area contributed by atoms with Gasteiger partial charge in [-0.05, 0) is 30.7 Å². The number of nitrogens with one attached hydrogen (secondary N) is 1. The van der Waals surface area contributed by atoms with Crippen molar-refractivity contribution in [1.82, 2.24) is 0 Å². The van der Waals surface area contributed by atoms with E-state index < -0.39 is 0 Å². The molecule has 0 unspecified atom stereocenters. The zero-order valence-electron chi connectivity index (χ0n) is 12.0. The van der Waals surface area contributed by atoms with Gasteiger partial charge in [-0.25, -0.2) is 0 Å². The van der Waals surface area contributed by atoms with Gasteiger partial charge >= 0.3 is 0 Å². The Morgan fingerprint density at radius 3 is 2.68 bits per heavy atom. The maximum Gasteiger partial charge on any atom is 0.107 e. The maximum atomic E-state index is 5.84. The molecule has 0 amide bonds. The van der Waals surface area contributed by atoms with Crippen LogP contribution < -0.4 is 11.1 Å². The largest absolute Gasteiger partial charge is 0.389 e. The average molecular weight is 297 g/mol. The summed E-state index contributed by atoms with van der Waals surface area (Å²) in [6.07, 6.45) is 5.77. The Labute approximate surface area is 126 Å². The first kappa shape index (κ1) is 16.3. The van der Waals surface area contributed by atoms with Gasteiger partial charge in [0.2, 0.25) is 0 Å². The summed E-state index contributed by atoms with van der Waals surface area (Å²) >= 11 is 6.84. The number of hydrogen-bond acceptors (Lipinski definition) is 3. The van der Waals surface area contributed by atoms with Crippen LogP contribution in [-0.2, 0) is 0 Å². The summed E-state index contributed by atoms with van der Waals surface area (Å²) in [6.45, 7) is 5.50. The predicted molar refractivity (Wildman–Crippen MR) is 91.3 cm³/mol. The molecule has 0 fully saturated rings. The first-order chi connectivity index (χ1) is 9.06. The number of hydrogen-bond donors (Lipinski definition) is 2. The van der Waals surface area contributed by atoms with Gasteiger partial charge in [0.1, 0.15) is 4.99 Å². The molecule has 0 saturated carbocycles. The maximum absolute atomic E-state index is 5.84. The molecule has 1 rings (SSSR count). The third-order valence-electron chi connectivity index (χ3n) is 3.02. The molecule has 19 heavy (non-hydrogen) atoms. The van der Waals surface area contributed by atoms with Crippen molar-refractivity contribution < 1.29 is 0 Å². The van der Waals surface area contributed by atoms with Crippen LogP contribution in [0.25, 0.3) is 0 Å². The van der Waals surface area contributed by atoms with Gasteiger partial charge in [0.25, 0.3) is 0 Å². The summed E-state index contributed by atoms with van der Waals surface area (Å²) in [6, 6.07) is 6.16. The molecule has 4 heteroatoms. The SMILES string of the molecule is CSc1cccc(NCCCCC(C)C)c1C(N)=S. The smallest absolute Gasteiger partial charge is 0.107 e. The zero-order valence-corrected chi connectivity index (χ0v) is 13.7. The Kier molecular flexibility index (Phi) is 7.24. The van der Waals surface area contributed by atoms with Crippen LogP contribution in [0.2, 0.25) is 0 Å². The Hall–Kier alpha value is -0.740. The van der Waals surface area contributed by atoms with Gasteiger partial charge in [-0.15, -0.1) is 11.8 Å². The Morgan fingerprint density at radius 2 is 2.11 bits per heavy atom. The van der Waals surface area contributed by atoms with Crippen molar-refractivity contribution in [3.63, 3.8) is 0 Å². The fraction of sp³-hybridized carbons (Fsp3) is 0.533. The quantitative estimate of drug-likeness (QED) is 0.426. The van der Waals surface area contributed by atoms with E-state index >= 15 is 0 Å². The zero-order chi connectivity index (χ0) is 14.3. The minimum atomic E-state index is 0.467. The van der Waals surface area contributed by atoms with Crippen molar-refractivity contribution in [2.24, 2.45) is 11.7 Å². The highest BCUT2D eigenvalue weighted by Gasteiger charge is 2.09. The third-order valence-corrected chi connectivity index (χ3v) is 4.00. The van der Waals surface area contributed by atoms with Crippen LogP contribution in [-0.4, -0.2) is 17.8 Å². The molecule has 0 spiro atoms. The first-order valence-electron chi connectivity index (χ1n) is 6.77. The van der Waals surface area contributed by atoms with Crippen LogP contribution in [0.5, 0.6) is 0 Å². The molecule has 0 aromatic heterocycles. The first-order valence-corrected chi connectivity index (χ1v) is 8.40. The lowest BCUT2D eigenvalue weighted by atomic mass is 10.1. The van der Waals surface area contributed by atoms with Crippen molar-refractivity contribution in [3.05, 3.63) is 23.8 Å². The number of nitrogens with two attached hydrogens (primary N) is 1. The van der Waals surface area contributed by atoms with Gasteiger partial charge in [0.15, 0.2) is 0 Å². The summed E-state index contributed by atoms with van der Waals surface area (Å²) in [5, 5.41) is 3.46. The highest BCUT2D eigenvalue weighted by Crippen LogP contribution is 2.27. The Morgan fingerprint density at radius 1 is 1.37 bits per heavy atom. The molecule has 3 N–H and O–H groups in total. The molecular formula is C15H24N2S2. The number of benzene rings is 1. The van der Waals surface area contributed by atoms with Crippen molar-refractivity contribution in [2.75, 3.05) is 18.1 Å². The number of thioether (sulfide) groups is 1.